The first-order valence-electron chi connectivity index (χ1n) is 6.24. The molecular weight excluding hydrogens is 233 g/mol. The van der Waals surface area contributed by atoms with Crippen LogP contribution in [0.3, 0.4) is 0 Å². The second-order valence-electron chi connectivity index (χ2n) is 5.03. The lowest BCUT2D eigenvalue weighted by Gasteiger charge is -2.32. The van der Waals surface area contributed by atoms with E-state index in [9.17, 15) is 4.39 Å². The van der Waals surface area contributed by atoms with Crippen molar-refractivity contribution >= 4 is 11.8 Å². The van der Waals surface area contributed by atoms with Crippen molar-refractivity contribution in [2.45, 2.75) is 12.8 Å². The van der Waals surface area contributed by atoms with Gasteiger partial charge in [0, 0.05) is 13.6 Å². The van der Waals surface area contributed by atoms with E-state index >= 15 is 0 Å². The number of nitrogens with two attached hydrogens (primary N) is 1. The van der Waals surface area contributed by atoms with Crippen molar-refractivity contribution in [2.75, 3.05) is 44.4 Å². The van der Waals surface area contributed by atoms with E-state index < -0.39 is 5.82 Å². The third-order valence-corrected chi connectivity index (χ3v) is 3.48. The van der Waals surface area contributed by atoms with Crippen molar-refractivity contribution in [2.24, 2.45) is 5.92 Å². The Labute approximate surface area is 107 Å². The molecule has 1 aromatic heterocycles. The molecule has 0 bridgehead atoms. The fourth-order valence-corrected chi connectivity index (χ4v) is 2.36. The minimum absolute atomic E-state index is 0.113. The lowest BCUT2D eigenvalue weighted by Crippen LogP contribution is -2.36. The topological polar surface area (TPSA) is 58.3 Å². The van der Waals surface area contributed by atoms with Gasteiger partial charge in [-0.2, -0.15) is 4.98 Å². The number of rotatable bonds is 3. The molecule has 5 nitrogen and oxygen atoms in total. The Morgan fingerprint density at radius 2 is 2.17 bits per heavy atom. The van der Waals surface area contributed by atoms with Crippen LogP contribution < -0.4 is 10.6 Å². The highest BCUT2D eigenvalue weighted by molar-refractivity contribution is 5.41. The van der Waals surface area contributed by atoms with E-state index in [0.29, 0.717) is 11.7 Å². The summed E-state index contributed by atoms with van der Waals surface area (Å²) >= 11 is 0. The van der Waals surface area contributed by atoms with Crippen molar-refractivity contribution in [3.8, 4) is 0 Å². The van der Waals surface area contributed by atoms with Crippen LogP contribution in [0.15, 0.2) is 6.20 Å². The smallest absolute Gasteiger partial charge is 0.222 e. The zero-order chi connectivity index (χ0) is 13.1. The normalized spacial score (nSPS) is 17.9. The molecule has 1 fully saturated rings. The Balaban J connectivity index is 1.98. The van der Waals surface area contributed by atoms with Gasteiger partial charge in [-0.15, -0.1) is 0 Å². The molecule has 1 aromatic rings. The number of halogens is 1. The molecular formula is C12H20FN5. The number of hydrogen-bond acceptors (Lipinski definition) is 5. The van der Waals surface area contributed by atoms with E-state index in [4.69, 9.17) is 5.73 Å². The summed E-state index contributed by atoms with van der Waals surface area (Å²) in [5, 5.41) is 0. The average molecular weight is 253 g/mol. The lowest BCUT2D eigenvalue weighted by molar-refractivity contribution is 0.222. The Bertz CT molecular complexity index is 403. The lowest BCUT2D eigenvalue weighted by atomic mass is 9.97. The SMILES string of the molecule is CN1CCC(CN(C)c2nc(N)ncc2F)CC1. The molecule has 0 aliphatic carbocycles. The van der Waals surface area contributed by atoms with Gasteiger partial charge < -0.3 is 15.5 Å². The van der Waals surface area contributed by atoms with E-state index in [1.165, 1.54) is 0 Å². The minimum atomic E-state index is -0.417. The van der Waals surface area contributed by atoms with Gasteiger partial charge in [-0.1, -0.05) is 0 Å². The Morgan fingerprint density at radius 3 is 2.83 bits per heavy atom. The molecule has 0 atom stereocenters. The number of nitrogen functional groups attached to an aromatic ring is 1. The summed E-state index contributed by atoms with van der Waals surface area (Å²) in [5.41, 5.74) is 5.49. The maximum atomic E-state index is 13.6. The third kappa shape index (κ3) is 3.07. The van der Waals surface area contributed by atoms with E-state index in [0.717, 1.165) is 38.7 Å². The molecule has 18 heavy (non-hydrogen) atoms. The fraction of sp³-hybridized carbons (Fsp3) is 0.667. The highest BCUT2D eigenvalue weighted by atomic mass is 19.1. The Hall–Kier alpha value is -1.43. The van der Waals surface area contributed by atoms with Crippen molar-refractivity contribution in [1.29, 1.82) is 0 Å². The number of likely N-dealkylation sites (tertiary alicyclic amines) is 1. The second-order valence-corrected chi connectivity index (χ2v) is 5.03. The summed E-state index contributed by atoms with van der Waals surface area (Å²) < 4.78 is 13.6. The fourth-order valence-electron chi connectivity index (χ4n) is 2.36. The van der Waals surface area contributed by atoms with Crippen LogP contribution in [0.1, 0.15) is 12.8 Å². The summed E-state index contributed by atoms with van der Waals surface area (Å²) in [4.78, 5) is 11.8. The summed E-state index contributed by atoms with van der Waals surface area (Å²) in [7, 11) is 3.98. The summed E-state index contributed by atoms with van der Waals surface area (Å²) in [6.45, 7) is 3.01. The summed E-state index contributed by atoms with van der Waals surface area (Å²) in [6, 6.07) is 0. The van der Waals surface area contributed by atoms with Crippen LogP contribution in [0.25, 0.3) is 0 Å². The van der Waals surface area contributed by atoms with Crippen LogP contribution in [0, 0.1) is 11.7 Å². The van der Waals surface area contributed by atoms with Gasteiger partial charge in [0.1, 0.15) is 0 Å². The maximum absolute atomic E-state index is 13.6. The van der Waals surface area contributed by atoms with Crippen LogP contribution in [0.2, 0.25) is 0 Å². The van der Waals surface area contributed by atoms with E-state index in [1.54, 1.807) is 0 Å². The molecule has 100 valence electrons. The van der Waals surface area contributed by atoms with Gasteiger partial charge in [0.05, 0.1) is 6.20 Å². The third-order valence-electron chi connectivity index (χ3n) is 3.48. The first kappa shape index (κ1) is 13.0. The van der Waals surface area contributed by atoms with Crippen LogP contribution in [0.5, 0.6) is 0 Å². The second kappa shape index (κ2) is 5.48. The number of nitrogens with zero attached hydrogens (tertiary/aromatic N) is 4. The molecule has 1 aliphatic rings. The van der Waals surface area contributed by atoms with Crippen molar-refractivity contribution in [1.82, 2.24) is 14.9 Å². The molecule has 0 saturated carbocycles. The predicted octanol–water partition coefficient (Wildman–Crippen LogP) is 0.976. The zero-order valence-corrected chi connectivity index (χ0v) is 10.9. The van der Waals surface area contributed by atoms with Crippen LogP contribution in [-0.2, 0) is 0 Å². The number of hydrogen-bond donors (Lipinski definition) is 1. The van der Waals surface area contributed by atoms with Gasteiger partial charge in [0.15, 0.2) is 11.6 Å². The average Bonchev–Trinajstić information content (AvgIpc) is 2.35. The molecule has 0 aromatic carbocycles. The largest absolute Gasteiger partial charge is 0.368 e. The van der Waals surface area contributed by atoms with Crippen LogP contribution >= 0.6 is 0 Å². The number of piperidine rings is 1. The van der Waals surface area contributed by atoms with Gasteiger partial charge in [-0.3, -0.25) is 0 Å². The van der Waals surface area contributed by atoms with Crippen molar-refractivity contribution in [3.63, 3.8) is 0 Å². The van der Waals surface area contributed by atoms with Gasteiger partial charge in [0.25, 0.3) is 0 Å². The summed E-state index contributed by atoms with van der Waals surface area (Å²) in [6.07, 6.45) is 3.41. The molecule has 0 radical (unpaired) electrons. The Kier molecular flexibility index (Phi) is 3.96. The van der Waals surface area contributed by atoms with Gasteiger partial charge >= 0.3 is 0 Å². The van der Waals surface area contributed by atoms with Crippen molar-refractivity contribution in [3.05, 3.63) is 12.0 Å². The molecule has 2 heterocycles. The zero-order valence-electron chi connectivity index (χ0n) is 10.9. The molecule has 1 saturated heterocycles. The van der Waals surface area contributed by atoms with Crippen LogP contribution in [0.4, 0.5) is 16.2 Å². The van der Waals surface area contributed by atoms with Gasteiger partial charge in [-0.25, -0.2) is 9.37 Å². The van der Waals surface area contributed by atoms with Gasteiger partial charge in [0.2, 0.25) is 5.95 Å². The molecule has 0 amide bonds. The molecule has 2 N–H and O–H groups in total. The standard InChI is InChI=1S/C12H20FN5/c1-17-5-3-9(4-6-17)8-18(2)11-10(13)7-15-12(14)16-11/h7,9H,3-6,8H2,1-2H3,(H2,14,15,16). The molecule has 0 spiro atoms. The van der Waals surface area contributed by atoms with E-state index in [-0.39, 0.29) is 5.95 Å². The van der Waals surface area contributed by atoms with Crippen LogP contribution in [-0.4, -0.2) is 48.6 Å². The van der Waals surface area contributed by atoms with Crippen molar-refractivity contribution < 1.29 is 4.39 Å². The predicted molar refractivity (Wildman–Crippen MR) is 69.9 cm³/mol. The molecule has 6 heteroatoms. The highest BCUT2D eigenvalue weighted by Gasteiger charge is 2.20. The van der Waals surface area contributed by atoms with E-state index in [1.807, 2.05) is 11.9 Å². The monoisotopic (exact) mass is 253 g/mol. The molecule has 0 unspecified atom stereocenters. The minimum Gasteiger partial charge on any atom is -0.368 e. The van der Waals surface area contributed by atoms with Gasteiger partial charge in [-0.05, 0) is 38.9 Å². The maximum Gasteiger partial charge on any atom is 0.222 e. The Morgan fingerprint density at radius 1 is 1.50 bits per heavy atom. The summed E-state index contributed by atoms with van der Waals surface area (Å²) in [5.74, 6) is 0.574. The molecule has 2 rings (SSSR count). The van der Waals surface area contributed by atoms with E-state index in [2.05, 4.69) is 21.9 Å². The highest BCUT2D eigenvalue weighted by Crippen LogP contribution is 2.21. The first-order valence-corrected chi connectivity index (χ1v) is 6.24. The first-order chi connectivity index (χ1) is 8.56. The number of aromatic nitrogens is 2. The quantitative estimate of drug-likeness (QED) is 0.870. The molecule has 1 aliphatic heterocycles. The number of anilines is 2.